The lowest BCUT2D eigenvalue weighted by molar-refractivity contribution is 0.235. The summed E-state index contributed by atoms with van der Waals surface area (Å²) in [6.45, 7) is 0. The van der Waals surface area contributed by atoms with Crippen LogP contribution in [0.2, 0.25) is 0 Å². The number of sulfone groups is 1. The van der Waals surface area contributed by atoms with E-state index in [4.69, 9.17) is 0 Å². The van der Waals surface area contributed by atoms with Crippen molar-refractivity contribution in [3.05, 3.63) is 0 Å². The van der Waals surface area contributed by atoms with Gasteiger partial charge in [0.15, 0.2) is 0 Å². The maximum atomic E-state index is 11.9. The van der Waals surface area contributed by atoms with E-state index in [1.54, 1.807) is 0 Å². The molecule has 0 spiro atoms. The van der Waals surface area contributed by atoms with E-state index in [0.29, 0.717) is 12.0 Å². The number of nitrogens with one attached hydrogen (secondary N) is 1. The average molecular weight is 316 g/mol. The van der Waals surface area contributed by atoms with Crippen molar-refractivity contribution in [2.75, 3.05) is 13.3 Å². The second kappa shape index (κ2) is 7.96. The van der Waals surface area contributed by atoms with E-state index in [-0.39, 0.29) is 5.25 Å². The standard InChI is InChI=1S/C17H33NO2S/c1-18-17(12-14-8-5-3-4-6-9-14)15-10-7-11-16(13-15)21(2,19)20/h14-18H,3-13H2,1-2H3. The van der Waals surface area contributed by atoms with Crippen LogP contribution in [-0.2, 0) is 9.84 Å². The highest BCUT2D eigenvalue weighted by Gasteiger charge is 2.33. The minimum absolute atomic E-state index is 0.0961. The summed E-state index contributed by atoms with van der Waals surface area (Å²) in [6, 6.07) is 0.512. The van der Waals surface area contributed by atoms with Crippen LogP contribution in [0, 0.1) is 11.8 Å². The Morgan fingerprint density at radius 3 is 2.24 bits per heavy atom. The fraction of sp³-hybridized carbons (Fsp3) is 1.00. The lowest BCUT2D eigenvalue weighted by atomic mass is 9.79. The van der Waals surface area contributed by atoms with Gasteiger partial charge in [0.05, 0.1) is 5.25 Å². The third-order valence-electron chi connectivity index (χ3n) is 5.77. The van der Waals surface area contributed by atoms with Crippen LogP contribution in [0.4, 0.5) is 0 Å². The third kappa shape index (κ3) is 5.24. The van der Waals surface area contributed by atoms with Crippen LogP contribution >= 0.6 is 0 Å². The van der Waals surface area contributed by atoms with E-state index < -0.39 is 9.84 Å². The summed E-state index contributed by atoms with van der Waals surface area (Å²) in [7, 11) is -0.806. The first-order valence-electron chi connectivity index (χ1n) is 8.87. The molecule has 2 rings (SSSR count). The van der Waals surface area contributed by atoms with Crippen molar-refractivity contribution in [3.8, 4) is 0 Å². The zero-order valence-corrected chi connectivity index (χ0v) is 14.6. The number of hydrogen-bond donors (Lipinski definition) is 1. The topological polar surface area (TPSA) is 46.2 Å². The van der Waals surface area contributed by atoms with Crippen LogP contribution in [0.1, 0.15) is 70.6 Å². The van der Waals surface area contributed by atoms with Gasteiger partial charge in [-0.3, -0.25) is 0 Å². The molecule has 3 unspecified atom stereocenters. The molecule has 2 saturated carbocycles. The molecule has 2 fully saturated rings. The first kappa shape index (κ1) is 17.3. The molecule has 0 saturated heterocycles. The summed E-state index contributed by atoms with van der Waals surface area (Å²) < 4.78 is 23.7. The summed E-state index contributed by atoms with van der Waals surface area (Å²) in [5.41, 5.74) is 0. The Morgan fingerprint density at radius 2 is 1.67 bits per heavy atom. The lowest BCUT2D eigenvalue weighted by Crippen LogP contribution is -2.40. The van der Waals surface area contributed by atoms with Gasteiger partial charge in [-0.25, -0.2) is 8.42 Å². The molecule has 124 valence electrons. The van der Waals surface area contributed by atoms with Gasteiger partial charge >= 0.3 is 0 Å². The molecule has 1 N–H and O–H groups in total. The summed E-state index contributed by atoms with van der Waals surface area (Å²) in [6.07, 6.45) is 15.0. The number of rotatable bonds is 5. The highest BCUT2D eigenvalue weighted by atomic mass is 32.2. The van der Waals surface area contributed by atoms with Crippen molar-refractivity contribution in [2.24, 2.45) is 11.8 Å². The van der Waals surface area contributed by atoms with E-state index in [2.05, 4.69) is 12.4 Å². The normalized spacial score (nSPS) is 30.8. The average Bonchev–Trinajstić information content (AvgIpc) is 2.72. The fourth-order valence-electron chi connectivity index (χ4n) is 4.44. The molecular weight excluding hydrogens is 282 g/mol. The summed E-state index contributed by atoms with van der Waals surface area (Å²) >= 11 is 0. The van der Waals surface area contributed by atoms with Crippen LogP contribution in [0.5, 0.6) is 0 Å². The molecule has 0 radical (unpaired) electrons. The van der Waals surface area contributed by atoms with E-state index in [0.717, 1.165) is 25.2 Å². The van der Waals surface area contributed by atoms with Crippen molar-refractivity contribution >= 4 is 9.84 Å². The molecule has 0 aromatic heterocycles. The second-order valence-corrected chi connectivity index (χ2v) is 9.69. The maximum Gasteiger partial charge on any atom is 0.150 e. The van der Waals surface area contributed by atoms with Gasteiger partial charge in [0.1, 0.15) is 9.84 Å². The smallest absolute Gasteiger partial charge is 0.150 e. The van der Waals surface area contributed by atoms with Gasteiger partial charge in [-0.15, -0.1) is 0 Å². The van der Waals surface area contributed by atoms with Crippen LogP contribution < -0.4 is 5.32 Å². The predicted octanol–water partition coefficient (Wildman–Crippen LogP) is 3.54. The van der Waals surface area contributed by atoms with Crippen molar-refractivity contribution in [1.29, 1.82) is 0 Å². The van der Waals surface area contributed by atoms with Crippen LogP contribution in [-0.4, -0.2) is 33.0 Å². The van der Waals surface area contributed by atoms with Gasteiger partial charge in [-0.05, 0) is 44.6 Å². The van der Waals surface area contributed by atoms with Crippen LogP contribution in [0.15, 0.2) is 0 Å². The molecule has 0 aromatic rings. The Labute approximate surface area is 131 Å². The minimum Gasteiger partial charge on any atom is -0.317 e. The van der Waals surface area contributed by atoms with Crippen molar-refractivity contribution in [3.63, 3.8) is 0 Å². The van der Waals surface area contributed by atoms with E-state index >= 15 is 0 Å². The molecule has 3 nitrogen and oxygen atoms in total. The number of hydrogen-bond acceptors (Lipinski definition) is 3. The first-order chi connectivity index (χ1) is 10.0. The van der Waals surface area contributed by atoms with Crippen molar-refractivity contribution < 1.29 is 8.42 Å². The zero-order chi connectivity index (χ0) is 15.3. The van der Waals surface area contributed by atoms with Crippen molar-refractivity contribution in [2.45, 2.75) is 81.9 Å². The molecule has 0 amide bonds. The van der Waals surface area contributed by atoms with Crippen LogP contribution in [0.3, 0.4) is 0 Å². The van der Waals surface area contributed by atoms with Gasteiger partial charge in [0.2, 0.25) is 0 Å². The van der Waals surface area contributed by atoms with Gasteiger partial charge in [-0.2, -0.15) is 0 Å². The third-order valence-corrected chi connectivity index (χ3v) is 7.41. The largest absolute Gasteiger partial charge is 0.317 e. The minimum atomic E-state index is -2.87. The Hall–Kier alpha value is -0.0900. The molecule has 21 heavy (non-hydrogen) atoms. The maximum absolute atomic E-state index is 11.9. The summed E-state index contributed by atoms with van der Waals surface area (Å²) in [4.78, 5) is 0. The van der Waals surface area contributed by atoms with Crippen LogP contribution in [0.25, 0.3) is 0 Å². The second-order valence-electron chi connectivity index (χ2n) is 7.37. The van der Waals surface area contributed by atoms with Gasteiger partial charge in [0, 0.05) is 12.3 Å². The molecule has 3 atom stereocenters. The summed E-state index contributed by atoms with van der Waals surface area (Å²) in [5, 5.41) is 3.42. The summed E-state index contributed by atoms with van der Waals surface area (Å²) in [5.74, 6) is 1.40. The Balaban J connectivity index is 1.93. The Morgan fingerprint density at radius 1 is 1.00 bits per heavy atom. The predicted molar refractivity (Wildman–Crippen MR) is 89.2 cm³/mol. The van der Waals surface area contributed by atoms with Gasteiger partial charge < -0.3 is 5.32 Å². The van der Waals surface area contributed by atoms with Gasteiger partial charge in [0.25, 0.3) is 0 Å². The quantitative estimate of drug-likeness (QED) is 0.789. The molecule has 0 aliphatic heterocycles. The lowest BCUT2D eigenvalue weighted by Gasteiger charge is -2.35. The highest BCUT2D eigenvalue weighted by Crippen LogP contribution is 2.35. The first-order valence-corrected chi connectivity index (χ1v) is 10.8. The van der Waals surface area contributed by atoms with Gasteiger partial charge in [-0.1, -0.05) is 44.9 Å². The van der Waals surface area contributed by atoms with E-state index in [1.807, 2.05) is 0 Å². The molecule has 0 aromatic carbocycles. The molecule has 2 aliphatic carbocycles. The monoisotopic (exact) mass is 315 g/mol. The highest BCUT2D eigenvalue weighted by molar-refractivity contribution is 7.91. The van der Waals surface area contributed by atoms with Crippen molar-refractivity contribution in [1.82, 2.24) is 5.32 Å². The molecule has 0 bridgehead atoms. The molecule has 4 heteroatoms. The Kier molecular flexibility index (Phi) is 6.54. The van der Waals surface area contributed by atoms with E-state index in [9.17, 15) is 8.42 Å². The SMILES string of the molecule is CNC(CC1CCCCCC1)C1CCCC(S(C)(=O)=O)C1. The molecule has 0 heterocycles. The van der Waals surface area contributed by atoms with E-state index in [1.165, 1.54) is 57.6 Å². The Bertz CT molecular complexity index is 399. The zero-order valence-electron chi connectivity index (χ0n) is 13.8. The molecule has 2 aliphatic rings. The fourth-order valence-corrected chi connectivity index (χ4v) is 5.63. The molecular formula is C17H33NO2S.